The van der Waals surface area contributed by atoms with Crippen molar-refractivity contribution < 1.29 is 33.6 Å². The quantitative estimate of drug-likeness (QED) is 0.178. The van der Waals surface area contributed by atoms with Gasteiger partial charge in [-0.3, -0.25) is 4.79 Å². The first-order valence-electron chi connectivity index (χ1n) is 16.8. The number of aliphatic hydroxyl groups is 1. The van der Waals surface area contributed by atoms with E-state index in [9.17, 15) is 14.7 Å². The van der Waals surface area contributed by atoms with Crippen LogP contribution in [0.1, 0.15) is 85.6 Å². The number of piperidine rings is 1. The average Bonchev–Trinajstić information content (AvgIpc) is 2.98. The molecule has 2 amide bonds. The molecule has 1 fully saturated rings. The molecule has 4 atom stereocenters. The molecule has 0 bridgehead atoms. The lowest BCUT2D eigenvalue weighted by Crippen LogP contribution is -2.48. The van der Waals surface area contributed by atoms with Crippen molar-refractivity contribution in [1.29, 1.82) is 0 Å². The molecule has 1 aliphatic rings. The van der Waals surface area contributed by atoms with Crippen LogP contribution in [0, 0.1) is 17.8 Å². The number of benzene rings is 1. The van der Waals surface area contributed by atoms with E-state index < -0.39 is 29.8 Å². The summed E-state index contributed by atoms with van der Waals surface area (Å²) in [5, 5.41) is 17.4. The number of likely N-dealkylation sites (tertiary alicyclic amines) is 1. The molecule has 2 rings (SSSR count). The van der Waals surface area contributed by atoms with Crippen LogP contribution in [-0.2, 0) is 20.7 Å². The second kappa shape index (κ2) is 19.8. The molecule has 0 spiro atoms. The highest BCUT2D eigenvalue weighted by Crippen LogP contribution is 2.32. The second-order valence-corrected chi connectivity index (χ2v) is 13.8. The van der Waals surface area contributed by atoms with Crippen molar-refractivity contribution >= 4 is 12.0 Å². The number of carbonyl (C=O) groups is 2. The van der Waals surface area contributed by atoms with Gasteiger partial charge >= 0.3 is 6.09 Å². The first-order chi connectivity index (χ1) is 21.3. The lowest BCUT2D eigenvalue weighted by Gasteiger charge is -2.32. The van der Waals surface area contributed by atoms with Gasteiger partial charge in [0.1, 0.15) is 5.60 Å². The topological polar surface area (TPSA) is 119 Å². The van der Waals surface area contributed by atoms with Gasteiger partial charge in [-0.2, -0.15) is 0 Å². The Balaban J connectivity index is 2.12. The van der Waals surface area contributed by atoms with Gasteiger partial charge in [-0.05, 0) is 95.5 Å². The third-order valence-corrected chi connectivity index (χ3v) is 8.36. The number of ether oxygens (including phenoxy) is 4. The molecule has 0 aliphatic carbocycles. The Morgan fingerprint density at radius 1 is 1.00 bits per heavy atom. The van der Waals surface area contributed by atoms with E-state index in [0.29, 0.717) is 44.1 Å². The van der Waals surface area contributed by atoms with Gasteiger partial charge < -0.3 is 39.6 Å². The molecular weight excluding hydrogens is 574 g/mol. The van der Waals surface area contributed by atoms with E-state index in [1.54, 1.807) is 14.2 Å². The number of aliphatic hydroxyl groups excluding tert-OH is 1. The molecule has 1 aromatic rings. The van der Waals surface area contributed by atoms with Crippen LogP contribution in [0.4, 0.5) is 4.79 Å². The van der Waals surface area contributed by atoms with E-state index in [-0.39, 0.29) is 24.2 Å². The SMILES string of the molecule is COCCCOc1cc(CC(CC(NC(=O)OC(C)(C)C)C(O)CC(C)C(=O)NCCN2CCCCC2)C(C)C)ccc1OC. The molecule has 0 radical (unpaired) electrons. The number of nitrogens with zero attached hydrogens (tertiary/aromatic N) is 1. The lowest BCUT2D eigenvalue weighted by atomic mass is 9.82. The van der Waals surface area contributed by atoms with E-state index in [4.69, 9.17) is 18.9 Å². The van der Waals surface area contributed by atoms with Crippen LogP contribution in [0.5, 0.6) is 11.5 Å². The van der Waals surface area contributed by atoms with E-state index >= 15 is 0 Å². The fourth-order valence-corrected chi connectivity index (χ4v) is 5.67. The van der Waals surface area contributed by atoms with Crippen molar-refractivity contribution in [3.8, 4) is 11.5 Å². The van der Waals surface area contributed by atoms with Crippen molar-refractivity contribution in [3.63, 3.8) is 0 Å². The van der Waals surface area contributed by atoms with Gasteiger partial charge in [0.2, 0.25) is 5.91 Å². The third-order valence-electron chi connectivity index (χ3n) is 8.36. The van der Waals surface area contributed by atoms with Gasteiger partial charge in [0.05, 0.1) is 25.9 Å². The Bertz CT molecular complexity index is 1010. The number of carbonyl (C=O) groups excluding carboxylic acids is 2. The summed E-state index contributed by atoms with van der Waals surface area (Å²) in [6.07, 6.45) is 4.40. The van der Waals surface area contributed by atoms with E-state index in [0.717, 1.165) is 31.6 Å². The molecule has 45 heavy (non-hydrogen) atoms. The molecular formula is C35H61N3O7. The summed E-state index contributed by atoms with van der Waals surface area (Å²) in [6, 6.07) is 5.34. The number of hydrogen-bond acceptors (Lipinski definition) is 8. The van der Waals surface area contributed by atoms with Crippen molar-refractivity contribution in [1.82, 2.24) is 15.5 Å². The van der Waals surface area contributed by atoms with Crippen LogP contribution in [0.25, 0.3) is 0 Å². The number of methoxy groups -OCH3 is 2. The summed E-state index contributed by atoms with van der Waals surface area (Å²) in [6.45, 7) is 16.3. The first kappa shape index (κ1) is 38.6. The Hall–Kier alpha value is -2.56. The summed E-state index contributed by atoms with van der Waals surface area (Å²) in [4.78, 5) is 28.2. The van der Waals surface area contributed by atoms with Crippen LogP contribution in [0.2, 0.25) is 0 Å². The van der Waals surface area contributed by atoms with E-state index in [1.807, 2.05) is 45.9 Å². The Labute approximate surface area is 271 Å². The summed E-state index contributed by atoms with van der Waals surface area (Å²) >= 11 is 0. The highest BCUT2D eigenvalue weighted by atomic mass is 16.6. The molecule has 3 N–H and O–H groups in total. The van der Waals surface area contributed by atoms with Crippen LogP contribution in [-0.4, -0.2) is 93.4 Å². The van der Waals surface area contributed by atoms with E-state index in [2.05, 4.69) is 29.4 Å². The molecule has 1 saturated heterocycles. The molecule has 4 unspecified atom stereocenters. The minimum Gasteiger partial charge on any atom is -0.493 e. The zero-order chi connectivity index (χ0) is 33.4. The molecule has 10 heteroatoms. The zero-order valence-corrected chi connectivity index (χ0v) is 29.2. The maximum absolute atomic E-state index is 12.9. The fourth-order valence-electron chi connectivity index (χ4n) is 5.67. The number of amides is 2. The average molecular weight is 636 g/mol. The Kier molecular flexibility index (Phi) is 17.0. The largest absolute Gasteiger partial charge is 0.493 e. The van der Waals surface area contributed by atoms with Gasteiger partial charge in [-0.15, -0.1) is 0 Å². The zero-order valence-electron chi connectivity index (χ0n) is 29.2. The first-order valence-corrected chi connectivity index (χ1v) is 16.8. The Morgan fingerprint density at radius 2 is 1.71 bits per heavy atom. The smallest absolute Gasteiger partial charge is 0.407 e. The van der Waals surface area contributed by atoms with Gasteiger partial charge in [0, 0.05) is 39.1 Å². The summed E-state index contributed by atoms with van der Waals surface area (Å²) in [5.74, 6) is 1.21. The van der Waals surface area contributed by atoms with Crippen LogP contribution in [0.15, 0.2) is 18.2 Å². The maximum atomic E-state index is 12.9. The van der Waals surface area contributed by atoms with Crippen molar-refractivity contribution in [2.24, 2.45) is 17.8 Å². The minimum absolute atomic E-state index is 0.0845. The standard InChI is InChI=1S/C35H61N3O7/c1-25(2)28(22-27-13-14-31(43-8)32(23-27)44-20-12-19-42-7)24-29(37-34(41)45-35(4,5)6)30(39)21-26(3)33(40)36-15-18-38-16-10-9-11-17-38/h13-14,23,25-26,28-30,39H,9-12,15-22,24H2,1-8H3,(H,36,40)(H,37,41). The molecule has 1 aliphatic heterocycles. The highest BCUT2D eigenvalue weighted by molar-refractivity contribution is 5.78. The van der Waals surface area contributed by atoms with Gasteiger partial charge in [0.15, 0.2) is 11.5 Å². The summed E-state index contributed by atoms with van der Waals surface area (Å²) in [7, 11) is 3.29. The van der Waals surface area contributed by atoms with Crippen LogP contribution >= 0.6 is 0 Å². The Morgan fingerprint density at radius 3 is 2.33 bits per heavy atom. The second-order valence-electron chi connectivity index (χ2n) is 13.8. The van der Waals surface area contributed by atoms with Crippen molar-refractivity contribution in [2.75, 3.05) is 53.6 Å². The molecule has 0 aromatic heterocycles. The highest BCUT2D eigenvalue weighted by Gasteiger charge is 2.31. The normalized spacial score (nSPS) is 16.8. The molecule has 10 nitrogen and oxygen atoms in total. The molecule has 1 aromatic carbocycles. The number of nitrogens with one attached hydrogen (secondary N) is 2. The molecule has 258 valence electrons. The predicted octanol–water partition coefficient (Wildman–Crippen LogP) is 5.20. The van der Waals surface area contributed by atoms with E-state index in [1.165, 1.54) is 19.3 Å². The van der Waals surface area contributed by atoms with Gasteiger partial charge in [0.25, 0.3) is 0 Å². The summed E-state index contributed by atoms with van der Waals surface area (Å²) in [5.41, 5.74) is 0.393. The monoisotopic (exact) mass is 635 g/mol. The van der Waals surface area contributed by atoms with Gasteiger partial charge in [-0.1, -0.05) is 33.3 Å². The predicted molar refractivity (Wildman–Crippen MR) is 178 cm³/mol. The van der Waals surface area contributed by atoms with Crippen LogP contribution < -0.4 is 20.1 Å². The van der Waals surface area contributed by atoms with Crippen LogP contribution in [0.3, 0.4) is 0 Å². The number of hydrogen-bond donors (Lipinski definition) is 3. The lowest BCUT2D eigenvalue weighted by molar-refractivity contribution is -0.125. The fraction of sp³-hybridized carbons (Fsp3) is 0.771. The summed E-state index contributed by atoms with van der Waals surface area (Å²) < 4.78 is 22.2. The minimum atomic E-state index is -0.933. The molecule has 0 saturated carbocycles. The number of alkyl carbamates (subject to hydrolysis) is 1. The van der Waals surface area contributed by atoms with Crippen molar-refractivity contribution in [2.45, 2.75) is 104 Å². The van der Waals surface area contributed by atoms with Crippen molar-refractivity contribution in [3.05, 3.63) is 23.8 Å². The third kappa shape index (κ3) is 15.1. The van der Waals surface area contributed by atoms with Gasteiger partial charge in [-0.25, -0.2) is 4.79 Å². The maximum Gasteiger partial charge on any atom is 0.407 e. The number of rotatable bonds is 19. The molecule has 1 heterocycles.